The van der Waals surface area contributed by atoms with Crippen molar-refractivity contribution in [3.63, 3.8) is 0 Å². The van der Waals surface area contributed by atoms with Gasteiger partial charge >= 0.3 is 0 Å². The van der Waals surface area contributed by atoms with E-state index in [4.69, 9.17) is 0 Å². The molecule has 2 aromatic carbocycles. The van der Waals surface area contributed by atoms with E-state index < -0.39 is 0 Å². The van der Waals surface area contributed by atoms with Gasteiger partial charge in [-0.1, -0.05) is 46.3 Å². The summed E-state index contributed by atoms with van der Waals surface area (Å²) in [6.45, 7) is 2.05. The Balaban J connectivity index is 1.39. The molecule has 1 fully saturated rings. The molecule has 4 rings (SSSR count). The average Bonchev–Trinajstić information content (AvgIpc) is 3.24. The molecule has 0 saturated carbocycles. The van der Waals surface area contributed by atoms with Crippen LogP contribution in [-0.4, -0.2) is 58.0 Å². The van der Waals surface area contributed by atoms with Gasteiger partial charge in [-0.15, -0.1) is 0 Å². The van der Waals surface area contributed by atoms with Gasteiger partial charge in [-0.25, -0.2) is 0 Å². The van der Waals surface area contributed by atoms with Gasteiger partial charge in [0.1, 0.15) is 5.69 Å². The number of piperazine rings is 1. The second-order valence-corrected chi connectivity index (χ2v) is 7.54. The monoisotopic (exact) mass is 438 g/mol. The molecule has 28 heavy (non-hydrogen) atoms. The Bertz CT molecular complexity index is 977. The fourth-order valence-corrected chi connectivity index (χ4v) is 3.51. The first-order valence-corrected chi connectivity index (χ1v) is 9.86. The molecule has 0 unspecified atom stereocenters. The third-order valence-corrected chi connectivity index (χ3v) is 5.35. The van der Waals surface area contributed by atoms with Crippen LogP contribution >= 0.6 is 15.9 Å². The van der Waals surface area contributed by atoms with Crippen molar-refractivity contribution in [1.29, 1.82) is 0 Å². The molecular formula is C21H19BrN4O2. The highest BCUT2D eigenvalue weighted by Crippen LogP contribution is 2.21. The number of carbonyl (C=O) groups excluding carboxylic acids is 2. The minimum absolute atomic E-state index is 0.00626. The molecule has 1 saturated heterocycles. The van der Waals surface area contributed by atoms with Gasteiger partial charge in [0, 0.05) is 41.8 Å². The van der Waals surface area contributed by atoms with Crippen LogP contribution in [0.1, 0.15) is 20.8 Å². The van der Waals surface area contributed by atoms with Crippen LogP contribution in [0.3, 0.4) is 0 Å². The highest BCUT2D eigenvalue weighted by molar-refractivity contribution is 9.10. The van der Waals surface area contributed by atoms with E-state index in [0.717, 1.165) is 15.7 Å². The number of H-pyrrole nitrogens is 1. The molecule has 2 amide bonds. The van der Waals surface area contributed by atoms with E-state index in [-0.39, 0.29) is 11.8 Å². The van der Waals surface area contributed by atoms with Crippen LogP contribution in [-0.2, 0) is 0 Å². The number of nitrogens with zero attached hydrogens (tertiary/aromatic N) is 3. The van der Waals surface area contributed by atoms with Crippen LogP contribution in [0, 0.1) is 0 Å². The van der Waals surface area contributed by atoms with E-state index in [1.165, 1.54) is 0 Å². The van der Waals surface area contributed by atoms with Gasteiger partial charge in [0.05, 0.1) is 5.69 Å². The lowest BCUT2D eigenvalue weighted by Crippen LogP contribution is -2.50. The summed E-state index contributed by atoms with van der Waals surface area (Å²) in [4.78, 5) is 28.9. The quantitative estimate of drug-likeness (QED) is 0.680. The highest BCUT2D eigenvalue weighted by atomic mass is 79.9. The lowest BCUT2D eigenvalue weighted by molar-refractivity contribution is 0.0532. The Morgan fingerprint density at radius 2 is 1.46 bits per heavy atom. The van der Waals surface area contributed by atoms with Crippen LogP contribution in [0.15, 0.2) is 65.1 Å². The summed E-state index contributed by atoms with van der Waals surface area (Å²) >= 11 is 3.41. The zero-order valence-corrected chi connectivity index (χ0v) is 16.7. The fraction of sp³-hybridized carbons (Fsp3) is 0.190. The summed E-state index contributed by atoms with van der Waals surface area (Å²) < 4.78 is 0.992. The Morgan fingerprint density at radius 3 is 2.11 bits per heavy atom. The first-order chi connectivity index (χ1) is 13.6. The number of amides is 2. The average molecular weight is 439 g/mol. The minimum Gasteiger partial charge on any atom is -0.335 e. The van der Waals surface area contributed by atoms with Crippen molar-refractivity contribution in [1.82, 2.24) is 20.0 Å². The van der Waals surface area contributed by atoms with Crippen molar-refractivity contribution in [2.24, 2.45) is 0 Å². The van der Waals surface area contributed by atoms with E-state index in [1.807, 2.05) is 54.6 Å². The smallest absolute Gasteiger partial charge is 0.272 e. The molecule has 1 aliphatic heterocycles. The molecule has 2 heterocycles. The van der Waals surface area contributed by atoms with Crippen molar-refractivity contribution in [2.45, 2.75) is 0 Å². The van der Waals surface area contributed by atoms with Crippen molar-refractivity contribution in [2.75, 3.05) is 26.2 Å². The number of aromatic nitrogens is 2. The number of halogens is 1. The summed E-state index contributed by atoms with van der Waals surface area (Å²) in [5.41, 5.74) is 2.81. The van der Waals surface area contributed by atoms with E-state index in [1.54, 1.807) is 15.9 Å². The lowest BCUT2D eigenvalue weighted by Gasteiger charge is -2.34. The number of aromatic amines is 1. The largest absolute Gasteiger partial charge is 0.335 e. The highest BCUT2D eigenvalue weighted by Gasteiger charge is 2.26. The number of rotatable bonds is 3. The predicted octanol–water partition coefficient (Wildman–Crippen LogP) is 3.44. The second-order valence-electron chi connectivity index (χ2n) is 6.62. The SMILES string of the molecule is O=C(c1ccccc1)N1CCN(C(=O)c2cc(-c3ccc(Br)cc3)n[nH]2)CC1. The van der Waals surface area contributed by atoms with Crippen molar-refractivity contribution < 1.29 is 9.59 Å². The standard InChI is InChI=1S/C21H19BrN4O2/c22-17-8-6-15(7-9-17)18-14-19(24-23-18)21(28)26-12-10-25(11-13-26)20(27)16-4-2-1-3-5-16/h1-9,14H,10-13H2,(H,23,24). The van der Waals surface area contributed by atoms with E-state index in [0.29, 0.717) is 37.4 Å². The Morgan fingerprint density at radius 1 is 0.857 bits per heavy atom. The molecule has 1 N–H and O–H groups in total. The Hall–Kier alpha value is -2.93. The van der Waals surface area contributed by atoms with Gasteiger partial charge in [-0.2, -0.15) is 5.10 Å². The molecule has 1 aromatic heterocycles. The molecule has 1 aliphatic rings. The number of benzene rings is 2. The van der Waals surface area contributed by atoms with Gasteiger partial charge in [-0.05, 0) is 30.3 Å². The summed E-state index contributed by atoms with van der Waals surface area (Å²) in [7, 11) is 0. The van der Waals surface area contributed by atoms with Gasteiger partial charge in [0.15, 0.2) is 0 Å². The van der Waals surface area contributed by atoms with Gasteiger partial charge in [-0.3, -0.25) is 14.7 Å². The molecule has 0 radical (unpaired) electrons. The first kappa shape index (κ1) is 18.4. The Labute approximate surface area is 171 Å². The first-order valence-electron chi connectivity index (χ1n) is 9.07. The van der Waals surface area contributed by atoms with Crippen molar-refractivity contribution >= 4 is 27.7 Å². The van der Waals surface area contributed by atoms with Crippen LogP contribution in [0.5, 0.6) is 0 Å². The maximum absolute atomic E-state index is 12.8. The third kappa shape index (κ3) is 3.84. The van der Waals surface area contributed by atoms with Gasteiger partial charge in [0.2, 0.25) is 0 Å². The van der Waals surface area contributed by atoms with E-state index in [9.17, 15) is 9.59 Å². The van der Waals surface area contributed by atoms with Crippen LogP contribution < -0.4 is 0 Å². The molecule has 3 aromatic rings. The van der Waals surface area contributed by atoms with Crippen LogP contribution in [0.25, 0.3) is 11.3 Å². The van der Waals surface area contributed by atoms with Gasteiger partial charge < -0.3 is 9.80 Å². The molecule has 6 nitrogen and oxygen atoms in total. The predicted molar refractivity (Wildman–Crippen MR) is 110 cm³/mol. The van der Waals surface area contributed by atoms with Crippen LogP contribution in [0.2, 0.25) is 0 Å². The second kappa shape index (κ2) is 7.98. The molecule has 142 valence electrons. The topological polar surface area (TPSA) is 69.3 Å². The molecular weight excluding hydrogens is 420 g/mol. The molecule has 0 bridgehead atoms. The van der Waals surface area contributed by atoms with Crippen molar-refractivity contribution in [3.05, 3.63) is 76.4 Å². The summed E-state index contributed by atoms with van der Waals surface area (Å²) in [5.74, 6) is -0.0885. The number of hydrogen-bond acceptors (Lipinski definition) is 3. The molecule has 7 heteroatoms. The number of nitrogens with one attached hydrogen (secondary N) is 1. The fourth-order valence-electron chi connectivity index (χ4n) is 3.25. The zero-order chi connectivity index (χ0) is 19.5. The van der Waals surface area contributed by atoms with Crippen molar-refractivity contribution in [3.8, 4) is 11.3 Å². The van der Waals surface area contributed by atoms with E-state index >= 15 is 0 Å². The normalized spacial score (nSPS) is 14.2. The molecule has 0 spiro atoms. The van der Waals surface area contributed by atoms with E-state index in [2.05, 4.69) is 26.1 Å². The maximum atomic E-state index is 12.8. The summed E-state index contributed by atoms with van der Waals surface area (Å²) in [6, 6.07) is 18.8. The number of carbonyl (C=O) groups is 2. The summed E-state index contributed by atoms with van der Waals surface area (Å²) in [5, 5.41) is 7.10. The third-order valence-electron chi connectivity index (χ3n) is 4.82. The number of hydrogen-bond donors (Lipinski definition) is 1. The Kier molecular flexibility index (Phi) is 5.25. The van der Waals surface area contributed by atoms with Crippen LogP contribution in [0.4, 0.5) is 0 Å². The zero-order valence-electron chi connectivity index (χ0n) is 15.1. The minimum atomic E-state index is -0.0947. The lowest BCUT2D eigenvalue weighted by atomic mass is 10.1. The molecule has 0 atom stereocenters. The summed E-state index contributed by atoms with van der Waals surface area (Å²) in [6.07, 6.45) is 0. The van der Waals surface area contributed by atoms with Gasteiger partial charge in [0.25, 0.3) is 11.8 Å². The maximum Gasteiger partial charge on any atom is 0.272 e. The molecule has 0 aliphatic carbocycles.